The van der Waals surface area contributed by atoms with Crippen LogP contribution in [0.15, 0.2) is 22.6 Å². The Balaban J connectivity index is 1.33. The zero-order chi connectivity index (χ0) is 25.0. The maximum Gasteiger partial charge on any atom is 0.157 e. The third kappa shape index (κ3) is 4.21. The van der Waals surface area contributed by atoms with Crippen LogP contribution in [0.4, 0.5) is 0 Å². The standard InChI is InChI=1S/C28H45ClN4O2/c1-17-8-11-28(16-35-3)18(12-17)4-5-20-21-6-7-23(27(21,2)10-9-22(20)28)25(34)15-33(31)24-13-19(29)14-32-26(24)30/h13,17-18,20-23,32H,4-12,14-16,30-31H2,1-3H3. The number of ketones is 1. The predicted octanol–water partition coefficient (Wildman–Crippen LogP) is 4.51. The third-order valence-electron chi connectivity index (χ3n) is 11.1. The molecule has 0 aromatic rings. The lowest BCUT2D eigenvalue weighted by Gasteiger charge is -2.62. The molecule has 5 N–H and O–H groups in total. The summed E-state index contributed by atoms with van der Waals surface area (Å²) in [6.45, 7) is 6.43. The lowest BCUT2D eigenvalue weighted by molar-refractivity contribution is -0.154. The second-order valence-corrected chi connectivity index (χ2v) is 13.2. The summed E-state index contributed by atoms with van der Waals surface area (Å²) >= 11 is 6.19. The van der Waals surface area contributed by atoms with Crippen LogP contribution in [0.25, 0.3) is 0 Å². The molecule has 1 heterocycles. The maximum atomic E-state index is 13.7. The first-order chi connectivity index (χ1) is 16.7. The number of hydrogen-bond donors (Lipinski definition) is 3. The molecule has 0 radical (unpaired) electrons. The molecule has 0 bridgehead atoms. The molecule has 1 aliphatic heterocycles. The number of carbonyl (C=O) groups is 1. The minimum atomic E-state index is 0.0693. The normalized spacial score (nSPS) is 42.9. The van der Waals surface area contributed by atoms with E-state index >= 15 is 0 Å². The van der Waals surface area contributed by atoms with E-state index < -0.39 is 0 Å². The van der Waals surface area contributed by atoms with E-state index in [4.69, 9.17) is 27.9 Å². The van der Waals surface area contributed by atoms with Crippen LogP contribution in [-0.4, -0.2) is 37.6 Å². The molecule has 8 atom stereocenters. The van der Waals surface area contributed by atoms with Crippen molar-refractivity contribution in [2.24, 2.45) is 57.9 Å². The number of hydrazine groups is 1. The number of nitrogens with zero attached hydrogens (tertiary/aromatic N) is 1. The number of ether oxygens (including phenoxy) is 1. The molecule has 5 aliphatic rings. The number of carbonyl (C=O) groups excluding carboxylic acids is 1. The highest BCUT2D eigenvalue weighted by molar-refractivity contribution is 6.30. The summed E-state index contributed by atoms with van der Waals surface area (Å²) in [6.07, 6.45) is 13.0. The molecule has 4 fully saturated rings. The van der Waals surface area contributed by atoms with Crippen molar-refractivity contribution in [1.29, 1.82) is 0 Å². The number of rotatable bonds is 6. The van der Waals surface area contributed by atoms with Crippen molar-refractivity contribution in [2.75, 3.05) is 26.8 Å². The van der Waals surface area contributed by atoms with Gasteiger partial charge in [-0.2, -0.15) is 0 Å². The topological polar surface area (TPSA) is 93.6 Å². The van der Waals surface area contributed by atoms with Gasteiger partial charge < -0.3 is 15.8 Å². The molecule has 7 heteroatoms. The van der Waals surface area contributed by atoms with E-state index in [-0.39, 0.29) is 23.7 Å². The van der Waals surface area contributed by atoms with E-state index in [0.717, 1.165) is 43.1 Å². The maximum absolute atomic E-state index is 13.7. The van der Waals surface area contributed by atoms with Crippen LogP contribution in [0.1, 0.15) is 71.6 Å². The Morgan fingerprint density at radius 3 is 2.77 bits per heavy atom. The number of nitrogens with one attached hydrogen (secondary N) is 1. The van der Waals surface area contributed by atoms with E-state index in [2.05, 4.69) is 19.2 Å². The van der Waals surface area contributed by atoms with E-state index in [1.165, 1.54) is 50.0 Å². The number of hydrogen-bond acceptors (Lipinski definition) is 6. The second-order valence-electron chi connectivity index (χ2n) is 12.7. The Labute approximate surface area is 216 Å². The van der Waals surface area contributed by atoms with Crippen molar-refractivity contribution in [3.05, 3.63) is 22.6 Å². The average Bonchev–Trinajstić information content (AvgIpc) is 3.18. The molecule has 0 amide bonds. The van der Waals surface area contributed by atoms with E-state index in [1.54, 1.807) is 6.08 Å². The van der Waals surface area contributed by atoms with Gasteiger partial charge in [-0.1, -0.05) is 31.9 Å². The number of halogens is 1. The van der Waals surface area contributed by atoms with Gasteiger partial charge in [0, 0.05) is 18.1 Å². The number of Topliss-reactive ketones (excluding diaryl/α,β-unsaturated/α-hetero) is 1. The van der Waals surface area contributed by atoms with E-state index in [0.29, 0.717) is 34.4 Å². The van der Waals surface area contributed by atoms with Gasteiger partial charge in [-0.3, -0.25) is 9.80 Å². The third-order valence-corrected chi connectivity index (χ3v) is 11.3. The SMILES string of the molecule is COCC12CCC(C)CC1CCC1C3CCC(C(=O)CN(N)C4=C(N)NCC(Cl)=C4)C3(C)CCC12. The van der Waals surface area contributed by atoms with Gasteiger partial charge in [-0.15, -0.1) is 0 Å². The zero-order valence-corrected chi connectivity index (χ0v) is 22.6. The summed E-state index contributed by atoms with van der Waals surface area (Å²) in [7, 11) is 1.90. The van der Waals surface area contributed by atoms with Crippen molar-refractivity contribution < 1.29 is 9.53 Å². The molecular formula is C28H45ClN4O2. The molecule has 196 valence electrons. The average molecular weight is 505 g/mol. The zero-order valence-electron chi connectivity index (χ0n) is 21.8. The Hall–Kier alpha value is -1.24. The van der Waals surface area contributed by atoms with Gasteiger partial charge in [-0.05, 0) is 97.9 Å². The van der Waals surface area contributed by atoms with Crippen LogP contribution in [0.5, 0.6) is 0 Å². The highest BCUT2D eigenvalue weighted by Gasteiger charge is 2.62. The fourth-order valence-electron chi connectivity index (χ4n) is 9.49. The van der Waals surface area contributed by atoms with Crippen molar-refractivity contribution >= 4 is 17.4 Å². The lowest BCUT2D eigenvalue weighted by atomic mass is 9.44. The van der Waals surface area contributed by atoms with Crippen LogP contribution >= 0.6 is 11.6 Å². The van der Waals surface area contributed by atoms with Gasteiger partial charge in [0.25, 0.3) is 0 Å². The number of allylic oxidation sites excluding steroid dienone is 1. The highest BCUT2D eigenvalue weighted by atomic mass is 35.5. The lowest BCUT2D eigenvalue weighted by Crippen LogP contribution is -2.56. The Morgan fingerprint density at radius 2 is 2.00 bits per heavy atom. The molecule has 0 spiro atoms. The van der Waals surface area contributed by atoms with Crippen molar-refractivity contribution in [3.8, 4) is 0 Å². The minimum Gasteiger partial charge on any atom is -0.384 e. The van der Waals surface area contributed by atoms with Crippen molar-refractivity contribution in [2.45, 2.75) is 71.6 Å². The van der Waals surface area contributed by atoms with Crippen LogP contribution in [0.2, 0.25) is 0 Å². The molecule has 0 saturated heterocycles. The minimum absolute atomic E-state index is 0.0693. The van der Waals surface area contributed by atoms with Crippen molar-refractivity contribution in [1.82, 2.24) is 10.3 Å². The van der Waals surface area contributed by atoms with Crippen LogP contribution in [-0.2, 0) is 9.53 Å². The smallest absolute Gasteiger partial charge is 0.157 e. The number of methoxy groups -OCH3 is 1. The van der Waals surface area contributed by atoms with Crippen LogP contribution in [0, 0.1) is 46.3 Å². The summed E-state index contributed by atoms with van der Waals surface area (Å²) in [6, 6.07) is 0. The molecule has 5 rings (SSSR count). The summed E-state index contributed by atoms with van der Waals surface area (Å²) in [5.41, 5.74) is 7.12. The Kier molecular flexibility index (Phi) is 6.95. The van der Waals surface area contributed by atoms with Crippen LogP contribution in [0.3, 0.4) is 0 Å². The van der Waals surface area contributed by atoms with Gasteiger partial charge in [0.1, 0.15) is 5.82 Å². The summed E-state index contributed by atoms with van der Waals surface area (Å²) in [4.78, 5) is 13.7. The molecule has 0 aromatic heterocycles. The van der Waals surface area contributed by atoms with Gasteiger partial charge in [0.2, 0.25) is 0 Å². The first-order valence-corrected chi connectivity index (χ1v) is 14.2. The fourth-order valence-corrected chi connectivity index (χ4v) is 9.66. The number of fused-ring (bicyclic) bond motifs is 5. The molecule has 6 nitrogen and oxygen atoms in total. The first-order valence-electron chi connectivity index (χ1n) is 13.8. The van der Waals surface area contributed by atoms with Gasteiger partial charge in [0.05, 0.1) is 25.4 Å². The molecule has 4 saturated carbocycles. The number of nitrogens with two attached hydrogens (primary N) is 2. The van der Waals surface area contributed by atoms with Gasteiger partial charge in [-0.25, -0.2) is 5.84 Å². The first kappa shape index (κ1) is 25.4. The monoisotopic (exact) mass is 504 g/mol. The molecule has 4 aliphatic carbocycles. The van der Waals surface area contributed by atoms with Crippen molar-refractivity contribution in [3.63, 3.8) is 0 Å². The number of dihydropyridines is 1. The summed E-state index contributed by atoms with van der Waals surface area (Å²) < 4.78 is 5.93. The quantitative estimate of drug-likeness (QED) is 0.364. The fraction of sp³-hybridized carbons (Fsp3) is 0.821. The highest BCUT2D eigenvalue weighted by Crippen LogP contribution is 2.68. The predicted molar refractivity (Wildman–Crippen MR) is 140 cm³/mol. The molecule has 35 heavy (non-hydrogen) atoms. The van der Waals surface area contributed by atoms with Crippen LogP contribution < -0.4 is 16.9 Å². The van der Waals surface area contributed by atoms with Gasteiger partial charge in [0.15, 0.2) is 5.78 Å². The molecule has 8 unspecified atom stereocenters. The van der Waals surface area contributed by atoms with Gasteiger partial charge >= 0.3 is 0 Å². The van der Waals surface area contributed by atoms with E-state index in [1.807, 2.05) is 7.11 Å². The second kappa shape index (κ2) is 9.57. The largest absolute Gasteiger partial charge is 0.384 e. The van der Waals surface area contributed by atoms with E-state index in [9.17, 15) is 4.79 Å². The molecular weight excluding hydrogens is 460 g/mol. The Bertz CT molecular complexity index is 905. The summed E-state index contributed by atoms with van der Waals surface area (Å²) in [5, 5.41) is 5.17. The summed E-state index contributed by atoms with van der Waals surface area (Å²) in [5.74, 6) is 10.9. The molecule has 0 aromatic carbocycles. The Morgan fingerprint density at radius 1 is 1.20 bits per heavy atom.